The number of carbonyl (C=O) groups excluding carboxylic acids is 1. The maximum Gasteiger partial charge on any atom is 0.162 e. The molecule has 2 aromatic rings. The molecule has 30 heavy (non-hydrogen) atoms. The lowest BCUT2D eigenvalue weighted by molar-refractivity contribution is -0.0260. The van der Waals surface area contributed by atoms with Crippen molar-refractivity contribution >= 4 is 17.4 Å². The third-order valence-electron chi connectivity index (χ3n) is 5.89. The van der Waals surface area contributed by atoms with Crippen LogP contribution in [0.15, 0.2) is 48.5 Å². The van der Waals surface area contributed by atoms with Gasteiger partial charge >= 0.3 is 0 Å². The summed E-state index contributed by atoms with van der Waals surface area (Å²) in [6, 6.07) is 15.0. The number of piperidine rings is 1. The lowest BCUT2D eigenvalue weighted by atomic mass is 9.84. The van der Waals surface area contributed by atoms with Crippen molar-refractivity contribution < 1.29 is 14.6 Å². The van der Waals surface area contributed by atoms with E-state index in [1.165, 1.54) is 0 Å². The number of carbonyl (C=O) groups is 1. The van der Waals surface area contributed by atoms with E-state index in [0.717, 1.165) is 55.8 Å². The zero-order valence-electron chi connectivity index (χ0n) is 17.8. The Labute approximate surface area is 184 Å². The number of ether oxygens (including phenoxy) is 1. The first-order valence-corrected chi connectivity index (χ1v) is 11.3. The Kier molecular flexibility index (Phi) is 8.32. The summed E-state index contributed by atoms with van der Waals surface area (Å²) < 4.78 is 5.65. The number of hydrogen-bond donors (Lipinski definition) is 1. The Balaban J connectivity index is 1.39. The van der Waals surface area contributed by atoms with Crippen LogP contribution >= 0.6 is 11.6 Å². The molecule has 0 spiro atoms. The van der Waals surface area contributed by atoms with Crippen molar-refractivity contribution in [3.8, 4) is 5.75 Å². The highest BCUT2D eigenvalue weighted by Gasteiger charge is 2.33. The highest BCUT2D eigenvalue weighted by Crippen LogP contribution is 2.33. The van der Waals surface area contributed by atoms with Crippen LogP contribution in [0.25, 0.3) is 0 Å². The van der Waals surface area contributed by atoms with Crippen molar-refractivity contribution in [2.45, 2.75) is 51.0 Å². The first-order valence-electron chi connectivity index (χ1n) is 11.0. The van der Waals surface area contributed by atoms with Crippen molar-refractivity contribution in [3.63, 3.8) is 0 Å². The third kappa shape index (κ3) is 6.31. The van der Waals surface area contributed by atoms with E-state index in [1.54, 1.807) is 0 Å². The molecule has 1 N–H and O–H groups in total. The lowest BCUT2D eigenvalue weighted by Crippen LogP contribution is -2.42. The number of likely N-dealkylation sites (tertiary alicyclic amines) is 1. The van der Waals surface area contributed by atoms with Gasteiger partial charge < -0.3 is 14.7 Å². The quantitative estimate of drug-likeness (QED) is 0.402. The highest BCUT2D eigenvalue weighted by molar-refractivity contribution is 6.30. The molecule has 4 nitrogen and oxygen atoms in total. The molecule has 0 radical (unpaired) electrons. The maximum absolute atomic E-state index is 12.5. The monoisotopic (exact) mass is 429 g/mol. The van der Waals surface area contributed by atoms with Crippen LogP contribution in [0.5, 0.6) is 5.75 Å². The number of nitrogens with zero attached hydrogens (tertiary/aromatic N) is 1. The molecule has 0 aromatic heterocycles. The Morgan fingerprint density at radius 2 is 1.73 bits per heavy atom. The molecular formula is C25H32ClNO3. The van der Waals surface area contributed by atoms with Crippen LogP contribution in [0, 0.1) is 0 Å². The molecule has 0 aliphatic carbocycles. The first-order chi connectivity index (χ1) is 14.5. The fourth-order valence-electron chi connectivity index (χ4n) is 3.87. The summed E-state index contributed by atoms with van der Waals surface area (Å²) in [4.78, 5) is 14.8. The summed E-state index contributed by atoms with van der Waals surface area (Å²) in [5.74, 6) is 0.992. The third-order valence-corrected chi connectivity index (χ3v) is 6.14. The number of ketones is 1. The van der Waals surface area contributed by atoms with Gasteiger partial charge in [0.05, 0.1) is 12.2 Å². The number of aliphatic hydroxyl groups is 1. The molecule has 5 heteroatoms. The topological polar surface area (TPSA) is 49.8 Å². The molecule has 0 unspecified atom stereocenters. The van der Waals surface area contributed by atoms with E-state index in [2.05, 4.69) is 11.8 Å². The predicted molar refractivity (Wildman–Crippen MR) is 121 cm³/mol. The fraction of sp³-hybridized carbons (Fsp3) is 0.480. The normalized spacial score (nSPS) is 16.4. The Bertz CT molecular complexity index is 796. The zero-order valence-corrected chi connectivity index (χ0v) is 18.5. The molecule has 0 saturated carbocycles. The molecule has 1 fully saturated rings. The summed E-state index contributed by atoms with van der Waals surface area (Å²) in [6.07, 6.45) is 4.90. The number of benzene rings is 2. The van der Waals surface area contributed by atoms with Gasteiger partial charge in [-0.15, -0.1) is 0 Å². The van der Waals surface area contributed by atoms with E-state index in [1.807, 2.05) is 48.5 Å². The largest absolute Gasteiger partial charge is 0.494 e. The molecule has 0 atom stereocenters. The van der Waals surface area contributed by atoms with Crippen LogP contribution < -0.4 is 4.74 Å². The first kappa shape index (κ1) is 22.8. The number of halogens is 1. The number of rotatable bonds is 10. The summed E-state index contributed by atoms with van der Waals surface area (Å²) in [5.41, 5.74) is 0.898. The van der Waals surface area contributed by atoms with Crippen LogP contribution in [0.3, 0.4) is 0 Å². The Morgan fingerprint density at radius 1 is 1.07 bits per heavy atom. The second-order valence-corrected chi connectivity index (χ2v) is 8.57. The van der Waals surface area contributed by atoms with Gasteiger partial charge in [0.15, 0.2) is 5.78 Å². The van der Waals surface area contributed by atoms with Crippen molar-refractivity contribution in [2.75, 3.05) is 26.2 Å². The minimum Gasteiger partial charge on any atom is -0.494 e. The molecule has 162 valence electrons. The summed E-state index contributed by atoms with van der Waals surface area (Å²) in [5, 5.41) is 11.7. The highest BCUT2D eigenvalue weighted by atomic mass is 35.5. The van der Waals surface area contributed by atoms with Crippen molar-refractivity contribution in [1.82, 2.24) is 4.90 Å². The molecule has 1 heterocycles. The zero-order chi connectivity index (χ0) is 21.4. The summed E-state index contributed by atoms with van der Waals surface area (Å²) in [7, 11) is 0. The molecule has 0 bridgehead atoms. The number of Topliss-reactive ketones (excluding diaryl/α,β-unsaturated/α-hetero) is 1. The minimum absolute atomic E-state index is 0.171. The van der Waals surface area contributed by atoms with Gasteiger partial charge in [0.25, 0.3) is 0 Å². The molecule has 1 aliphatic heterocycles. The number of unbranched alkanes of at least 4 members (excludes halogenated alkanes) is 1. The van der Waals surface area contributed by atoms with Crippen molar-refractivity contribution in [2.24, 2.45) is 0 Å². The van der Waals surface area contributed by atoms with Crippen molar-refractivity contribution in [3.05, 3.63) is 64.7 Å². The van der Waals surface area contributed by atoms with Crippen LogP contribution in [0.2, 0.25) is 5.02 Å². The van der Waals surface area contributed by atoms with Gasteiger partial charge in [-0.3, -0.25) is 4.79 Å². The Hall–Kier alpha value is -1.88. The van der Waals surface area contributed by atoms with Crippen molar-refractivity contribution in [1.29, 1.82) is 0 Å². The van der Waals surface area contributed by atoms with Crippen LogP contribution in [0.4, 0.5) is 0 Å². The predicted octanol–water partition coefficient (Wildman–Crippen LogP) is 5.47. The fourth-order valence-corrected chi connectivity index (χ4v) is 4.00. The SMILES string of the molecule is CCCCOc1ccc(C(=O)CCCN2CCC(O)(c3ccc(Cl)cc3)CC2)cc1. The van der Waals surface area contributed by atoms with E-state index in [0.29, 0.717) is 30.9 Å². The van der Waals surface area contributed by atoms with Gasteiger partial charge in [-0.2, -0.15) is 0 Å². The standard InChI is InChI=1S/C25H32ClNO3/c1-2-3-19-30-23-12-6-20(7-13-23)24(28)5-4-16-27-17-14-25(29,15-18-27)21-8-10-22(26)11-9-21/h6-13,29H,2-5,14-19H2,1H3. The second kappa shape index (κ2) is 10.9. The average Bonchev–Trinajstić information content (AvgIpc) is 2.76. The van der Waals surface area contributed by atoms with E-state index in [4.69, 9.17) is 16.3 Å². The molecular weight excluding hydrogens is 398 g/mol. The van der Waals surface area contributed by atoms with E-state index < -0.39 is 5.60 Å². The summed E-state index contributed by atoms with van der Waals surface area (Å²) in [6.45, 7) is 5.39. The lowest BCUT2D eigenvalue weighted by Gasteiger charge is -2.38. The molecule has 1 aliphatic rings. The van der Waals surface area contributed by atoms with Crippen LogP contribution in [-0.2, 0) is 5.60 Å². The second-order valence-electron chi connectivity index (χ2n) is 8.13. The maximum atomic E-state index is 12.5. The van der Waals surface area contributed by atoms with Crippen LogP contribution in [0.1, 0.15) is 61.4 Å². The van der Waals surface area contributed by atoms with Gasteiger partial charge in [0.1, 0.15) is 5.75 Å². The number of hydrogen-bond acceptors (Lipinski definition) is 4. The van der Waals surface area contributed by atoms with Gasteiger partial charge in [-0.1, -0.05) is 37.1 Å². The van der Waals surface area contributed by atoms with Gasteiger partial charge in [-0.25, -0.2) is 0 Å². The van der Waals surface area contributed by atoms with E-state index in [9.17, 15) is 9.90 Å². The van der Waals surface area contributed by atoms with E-state index >= 15 is 0 Å². The molecule has 1 saturated heterocycles. The van der Waals surface area contributed by atoms with Crippen LogP contribution in [-0.4, -0.2) is 42.0 Å². The molecule has 0 amide bonds. The minimum atomic E-state index is -0.780. The van der Waals surface area contributed by atoms with E-state index in [-0.39, 0.29) is 5.78 Å². The molecule has 2 aromatic carbocycles. The average molecular weight is 430 g/mol. The van der Waals surface area contributed by atoms with Gasteiger partial charge in [0, 0.05) is 30.1 Å². The molecule has 3 rings (SSSR count). The van der Waals surface area contributed by atoms with Gasteiger partial charge in [0.2, 0.25) is 0 Å². The summed E-state index contributed by atoms with van der Waals surface area (Å²) >= 11 is 5.96. The Morgan fingerprint density at radius 3 is 2.37 bits per heavy atom. The van der Waals surface area contributed by atoms with Gasteiger partial charge in [-0.05, 0) is 74.2 Å². The smallest absolute Gasteiger partial charge is 0.162 e.